The maximum atomic E-state index is 13.0. The van der Waals surface area contributed by atoms with Gasteiger partial charge in [0.1, 0.15) is 11.6 Å². The Morgan fingerprint density at radius 1 is 1.16 bits per heavy atom. The van der Waals surface area contributed by atoms with Crippen LogP contribution < -0.4 is 10.1 Å². The molecule has 0 aliphatic rings. The normalized spacial score (nSPS) is 11.8. The van der Waals surface area contributed by atoms with Crippen LogP contribution in [0.15, 0.2) is 66.0 Å². The third-order valence-electron chi connectivity index (χ3n) is 3.52. The van der Waals surface area contributed by atoms with Crippen LogP contribution in [-0.4, -0.2) is 12.5 Å². The number of hydrogen-bond donors (Lipinski definition) is 1. The monoisotopic (exact) mass is 375 g/mol. The zero-order valence-electron chi connectivity index (χ0n) is 13.1. The number of hydrogen-bond acceptors (Lipinski definition) is 3. The van der Waals surface area contributed by atoms with Gasteiger partial charge in [-0.25, -0.2) is 4.39 Å². The highest BCUT2D eigenvalue weighted by atomic mass is 35.5. The SMILES string of the molecule is O=C(COc1ccc(F)cc1Cl)N[C@@H](c1ccccc1)c1cccs1. The zero-order chi connectivity index (χ0) is 17.6. The fourth-order valence-electron chi connectivity index (χ4n) is 2.36. The standard InChI is InChI=1S/C19H15ClFNO2S/c20-15-11-14(21)8-9-16(15)24-12-18(23)22-19(17-7-4-10-25-17)13-5-2-1-3-6-13/h1-11,19H,12H2,(H,22,23)/t19-/m0/s1. The number of carbonyl (C=O) groups is 1. The second kappa shape index (κ2) is 8.14. The van der Waals surface area contributed by atoms with Crippen molar-refractivity contribution >= 4 is 28.8 Å². The Bertz CT molecular complexity index is 840. The van der Waals surface area contributed by atoms with Gasteiger partial charge >= 0.3 is 0 Å². The Labute approximate surface area is 154 Å². The van der Waals surface area contributed by atoms with Crippen molar-refractivity contribution in [2.75, 3.05) is 6.61 Å². The number of halogens is 2. The van der Waals surface area contributed by atoms with Crippen molar-refractivity contribution in [1.82, 2.24) is 5.32 Å². The van der Waals surface area contributed by atoms with Gasteiger partial charge in [0.25, 0.3) is 5.91 Å². The average Bonchev–Trinajstić information content (AvgIpc) is 3.14. The summed E-state index contributed by atoms with van der Waals surface area (Å²) in [5.41, 5.74) is 0.984. The van der Waals surface area contributed by atoms with Crippen LogP contribution in [0.4, 0.5) is 4.39 Å². The lowest BCUT2D eigenvalue weighted by molar-refractivity contribution is -0.123. The fraction of sp³-hybridized carbons (Fsp3) is 0.105. The first-order chi connectivity index (χ1) is 12.1. The zero-order valence-corrected chi connectivity index (χ0v) is 14.7. The van der Waals surface area contributed by atoms with E-state index < -0.39 is 5.82 Å². The fourth-order valence-corrected chi connectivity index (χ4v) is 3.38. The first-order valence-electron chi connectivity index (χ1n) is 7.59. The summed E-state index contributed by atoms with van der Waals surface area (Å²) in [5, 5.41) is 5.06. The van der Waals surface area contributed by atoms with E-state index >= 15 is 0 Å². The molecule has 0 aliphatic heterocycles. The van der Waals surface area contributed by atoms with Gasteiger partial charge < -0.3 is 10.1 Å². The minimum Gasteiger partial charge on any atom is -0.482 e. The highest BCUT2D eigenvalue weighted by Gasteiger charge is 2.18. The average molecular weight is 376 g/mol. The van der Waals surface area contributed by atoms with Crippen molar-refractivity contribution in [3.63, 3.8) is 0 Å². The predicted molar refractivity (Wildman–Crippen MR) is 97.7 cm³/mol. The van der Waals surface area contributed by atoms with Crippen molar-refractivity contribution in [2.24, 2.45) is 0 Å². The maximum Gasteiger partial charge on any atom is 0.258 e. The Kier molecular flexibility index (Phi) is 5.68. The van der Waals surface area contributed by atoms with Crippen LogP contribution in [0, 0.1) is 5.82 Å². The predicted octanol–water partition coefficient (Wildman–Crippen LogP) is 4.83. The summed E-state index contributed by atoms with van der Waals surface area (Å²) in [5.74, 6) is -0.475. The molecular weight excluding hydrogens is 361 g/mol. The Hall–Kier alpha value is -2.37. The van der Waals surface area contributed by atoms with Gasteiger partial charge in [0.15, 0.2) is 6.61 Å². The number of nitrogens with one attached hydrogen (secondary N) is 1. The van der Waals surface area contributed by atoms with E-state index in [-0.39, 0.29) is 29.3 Å². The van der Waals surface area contributed by atoms with Gasteiger partial charge in [-0.3, -0.25) is 4.79 Å². The van der Waals surface area contributed by atoms with Gasteiger partial charge in [-0.2, -0.15) is 0 Å². The number of amides is 1. The molecular formula is C19H15ClFNO2S. The lowest BCUT2D eigenvalue weighted by atomic mass is 10.1. The molecule has 0 saturated heterocycles. The molecule has 1 heterocycles. The molecule has 1 N–H and O–H groups in total. The van der Waals surface area contributed by atoms with E-state index in [4.69, 9.17) is 16.3 Å². The number of ether oxygens (including phenoxy) is 1. The first-order valence-corrected chi connectivity index (χ1v) is 8.85. The molecule has 0 aliphatic carbocycles. The minimum atomic E-state index is -0.455. The van der Waals surface area contributed by atoms with Crippen LogP contribution in [-0.2, 0) is 4.79 Å². The third-order valence-corrected chi connectivity index (χ3v) is 4.75. The smallest absolute Gasteiger partial charge is 0.258 e. The van der Waals surface area contributed by atoms with Gasteiger partial charge in [-0.15, -0.1) is 11.3 Å². The summed E-state index contributed by atoms with van der Waals surface area (Å²) < 4.78 is 18.4. The van der Waals surface area contributed by atoms with Crippen LogP contribution in [0.3, 0.4) is 0 Å². The summed E-state index contributed by atoms with van der Waals surface area (Å²) in [4.78, 5) is 13.4. The number of benzene rings is 2. The largest absolute Gasteiger partial charge is 0.482 e. The van der Waals surface area contributed by atoms with Crippen LogP contribution in [0.25, 0.3) is 0 Å². The molecule has 1 atom stereocenters. The highest BCUT2D eigenvalue weighted by Crippen LogP contribution is 2.27. The summed E-state index contributed by atoms with van der Waals surface area (Å²) >= 11 is 7.47. The molecule has 0 fully saturated rings. The lowest BCUT2D eigenvalue weighted by Gasteiger charge is -2.18. The van der Waals surface area contributed by atoms with Crippen LogP contribution in [0.2, 0.25) is 5.02 Å². The third kappa shape index (κ3) is 4.59. The van der Waals surface area contributed by atoms with E-state index in [2.05, 4.69) is 5.32 Å². The van der Waals surface area contributed by atoms with Gasteiger partial charge in [-0.05, 0) is 35.2 Å². The van der Waals surface area contributed by atoms with Crippen molar-refractivity contribution < 1.29 is 13.9 Å². The Balaban J connectivity index is 1.68. The van der Waals surface area contributed by atoms with Crippen LogP contribution in [0.5, 0.6) is 5.75 Å². The van der Waals surface area contributed by atoms with E-state index in [0.717, 1.165) is 16.5 Å². The number of carbonyl (C=O) groups excluding carboxylic acids is 1. The molecule has 0 spiro atoms. The summed E-state index contributed by atoms with van der Waals surface area (Å²) in [6.45, 7) is -0.208. The van der Waals surface area contributed by atoms with Gasteiger partial charge in [0, 0.05) is 4.88 Å². The van der Waals surface area contributed by atoms with E-state index in [9.17, 15) is 9.18 Å². The minimum absolute atomic E-state index is 0.130. The van der Waals surface area contributed by atoms with Gasteiger partial charge in [0.2, 0.25) is 0 Å². The molecule has 3 aromatic rings. The molecule has 0 radical (unpaired) electrons. The second-order valence-electron chi connectivity index (χ2n) is 5.29. The van der Waals surface area contributed by atoms with Crippen molar-refractivity contribution in [2.45, 2.75) is 6.04 Å². The summed E-state index contributed by atoms with van der Waals surface area (Å²) in [7, 11) is 0. The topological polar surface area (TPSA) is 38.3 Å². The molecule has 0 unspecified atom stereocenters. The second-order valence-corrected chi connectivity index (χ2v) is 6.68. The van der Waals surface area contributed by atoms with Crippen molar-refractivity contribution in [3.8, 4) is 5.75 Å². The van der Waals surface area contributed by atoms with E-state index in [1.165, 1.54) is 12.1 Å². The summed E-state index contributed by atoms with van der Waals surface area (Å²) in [6, 6.07) is 17.1. The van der Waals surface area contributed by atoms with Gasteiger partial charge in [-0.1, -0.05) is 48.0 Å². The molecule has 1 amide bonds. The molecule has 25 heavy (non-hydrogen) atoms. The number of thiophene rings is 1. The van der Waals surface area contributed by atoms with E-state index in [1.54, 1.807) is 11.3 Å². The molecule has 6 heteroatoms. The van der Waals surface area contributed by atoms with E-state index in [0.29, 0.717) is 0 Å². The van der Waals surface area contributed by atoms with Crippen molar-refractivity contribution in [1.29, 1.82) is 0 Å². The maximum absolute atomic E-state index is 13.0. The Morgan fingerprint density at radius 2 is 1.96 bits per heavy atom. The molecule has 3 rings (SSSR count). The number of rotatable bonds is 6. The summed E-state index contributed by atoms with van der Waals surface area (Å²) in [6.07, 6.45) is 0. The Morgan fingerprint density at radius 3 is 2.64 bits per heavy atom. The first kappa shape index (κ1) is 17.5. The molecule has 3 nitrogen and oxygen atoms in total. The van der Waals surface area contributed by atoms with E-state index in [1.807, 2.05) is 47.8 Å². The molecule has 2 aromatic carbocycles. The van der Waals surface area contributed by atoms with Crippen LogP contribution in [0.1, 0.15) is 16.5 Å². The highest BCUT2D eigenvalue weighted by molar-refractivity contribution is 7.10. The molecule has 128 valence electrons. The molecule has 1 aromatic heterocycles. The lowest BCUT2D eigenvalue weighted by Crippen LogP contribution is -2.32. The molecule has 0 bridgehead atoms. The van der Waals surface area contributed by atoms with Crippen LogP contribution >= 0.6 is 22.9 Å². The van der Waals surface area contributed by atoms with Gasteiger partial charge in [0.05, 0.1) is 11.1 Å². The van der Waals surface area contributed by atoms with Crippen molar-refractivity contribution in [3.05, 3.63) is 87.3 Å². The quantitative estimate of drug-likeness (QED) is 0.670. The molecule has 0 saturated carbocycles.